The molecule has 0 bridgehead atoms. The Kier molecular flexibility index (Phi) is 3.92. The van der Waals surface area contributed by atoms with Gasteiger partial charge in [-0.2, -0.15) is 13.2 Å². The third-order valence-corrected chi connectivity index (χ3v) is 5.04. The molecule has 0 aliphatic rings. The van der Waals surface area contributed by atoms with E-state index in [9.17, 15) is 21.6 Å². The van der Waals surface area contributed by atoms with Crippen molar-refractivity contribution in [1.29, 1.82) is 0 Å². The molecule has 0 saturated heterocycles. The highest BCUT2D eigenvalue weighted by Gasteiger charge is 2.32. The van der Waals surface area contributed by atoms with Crippen molar-refractivity contribution >= 4 is 10.0 Å². The Morgan fingerprint density at radius 3 is 2.33 bits per heavy atom. The molecule has 3 aromatic rings. The molecule has 24 heavy (non-hydrogen) atoms. The third kappa shape index (κ3) is 2.92. The number of nitrogens with zero attached hydrogens (tertiary/aromatic N) is 2. The number of pyridine rings is 1. The minimum atomic E-state index is -4.67. The molecule has 0 aliphatic heterocycles. The van der Waals surface area contributed by atoms with Crippen molar-refractivity contribution in [3.8, 4) is 11.3 Å². The second-order valence-electron chi connectivity index (χ2n) is 4.97. The molecule has 0 radical (unpaired) electrons. The topological polar surface area (TPSA) is 52.0 Å². The number of benzene rings is 1. The molecule has 8 heteroatoms. The number of hydrogen-bond donors (Lipinski definition) is 0. The van der Waals surface area contributed by atoms with Gasteiger partial charge in [-0.25, -0.2) is 12.4 Å². The van der Waals surface area contributed by atoms with E-state index in [1.54, 1.807) is 36.4 Å². The Morgan fingerprint density at radius 1 is 0.958 bits per heavy atom. The van der Waals surface area contributed by atoms with Crippen LogP contribution in [-0.2, 0) is 16.2 Å². The van der Waals surface area contributed by atoms with E-state index >= 15 is 0 Å². The largest absolute Gasteiger partial charge is 0.417 e. The molecule has 0 unspecified atom stereocenters. The first-order valence-electron chi connectivity index (χ1n) is 6.81. The second kappa shape index (κ2) is 5.79. The maximum Gasteiger partial charge on any atom is 0.417 e. The first-order chi connectivity index (χ1) is 11.3. The summed E-state index contributed by atoms with van der Waals surface area (Å²) in [5.41, 5.74) is -0.129. The molecular weight excluding hydrogens is 341 g/mol. The van der Waals surface area contributed by atoms with E-state index in [2.05, 4.69) is 4.98 Å². The van der Waals surface area contributed by atoms with Crippen molar-refractivity contribution in [3.63, 3.8) is 0 Å². The van der Waals surface area contributed by atoms with Crippen LogP contribution in [0.3, 0.4) is 0 Å². The molecule has 0 atom stereocenters. The van der Waals surface area contributed by atoms with Crippen LogP contribution in [0.15, 0.2) is 72.0 Å². The van der Waals surface area contributed by atoms with Gasteiger partial charge in [0.05, 0.1) is 11.3 Å². The third-order valence-electron chi connectivity index (χ3n) is 3.38. The Labute approximate surface area is 136 Å². The number of aromatic nitrogens is 2. The molecule has 0 fully saturated rings. The quantitative estimate of drug-likeness (QED) is 0.720. The molecule has 2 heterocycles. The zero-order valence-corrected chi connectivity index (χ0v) is 12.9. The van der Waals surface area contributed by atoms with Gasteiger partial charge >= 0.3 is 6.18 Å². The van der Waals surface area contributed by atoms with Gasteiger partial charge in [-0.1, -0.05) is 30.3 Å². The minimum absolute atomic E-state index is 0.355. The molecule has 0 amide bonds. The van der Waals surface area contributed by atoms with Gasteiger partial charge in [-0.05, 0) is 23.8 Å². The lowest BCUT2D eigenvalue weighted by Crippen LogP contribution is -2.15. The molecule has 0 N–H and O–H groups in total. The lowest BCUT2D eigenvalue weighted by Gasteiger charge is -2.12. The van der Waals surface area contributed by atoms with E-state index in [0.29, 0.717) is 23.5 Å². The van der Waals surface area contributed by atoms with Crippen LogP contribution in [0, 0.1) is 0 Å². The van der Waals surface area contributed by atoms with Gasteiger partial charge < -0.3 is 0 Å². The Balaban J connectivity index is 2.13. The number of rotatable bonds is 3. The van der Waals surface area contributed by atoms with E-state index in [1.807, 2.05) is 0 Å². The smallest absolute Gasteiger partial charge is 0.263 e. The fraction of sp³-hybridized carbons (Fsp3) is 0.0625. The fourth-order valence-corrected chi connectivity index (χ4v) is 3.59. The van der Waals surface area contributed by atoms with Crippen LogP contribution < -0.4 is 0 Å². The van der Waals surface area contributed by atoms with E-state index in [1.165, 1.54) is 12.3 Å². The van der Waals surface area contributed by atoms with Crippen LogP contribution in [0.4, 0.5) is 13.2 Å². The summed E-state index contributed by atoms with van der Waals surface area (Å²) in [6, 6.07) is 12.4. The van der Waals surface area contributed by atoms with Crippen molar-refractivity contribution in [2.24, 2.45) is 0 Å². The molecule has 2 aromatic heterocycles. The van der Waals surface area contributed by atoms with E-state index < -0.39 is 26.7 Å². The first-order valence-corrected chi connectivity index (χ1v) is 8.25. The van der Waals surface area contributed by atoms with Gasteiger partial charge in [0.2, 0.25) is 0 Å². The summed E-state index contributed by atoms with van der Waals surface area (Å²) in [4.78, 5) is 2.89. The highest BCUT2D eigenvalue weighted by molar-refractivity contribution is 7.90. The highest BCUT2D eigenvalue weighted by Crippen LogP contribution is 2.31. The zero-order valence-electron chi connectivity index (χ0n) is 12.1. The van der Waals surface area contributed by atoms with Gasteiger partial charge in [0.1, 0.15) is 4.90 Å². The molecule has 1 aromatic carbocycles. The fourth-order valence-electron chi connectivity index (χ4n) is 2.24. The van der Waals surface area contributed by atoms with Gasteiger partial charge in [-0.3, -0.25) is 4.98 Å². The molecule has 4 nitrogen and oxygen atoms in total. The van der Waals surface area contributed by atoms with Crippen molar-refractivity contribution in [2.45, 2.75) is 11.1 Å². The molecule has 0 spiro atoms. The van der Waals surface area contributed by atoms with Crippen LogP contribution in [0.25, 0.3) is 11.3 Å². The Hall–Kier alpha value is -2.61. The summed E-state index contributed by atoms with van der Waals surface area (Å²) in [7, 11) is -4.20. The molecule has 3 rings (SSSR count). The Morgan fingerprint density at radius 2 is 1.67 bits per heavy atom. The van der Waals surface area contributed by atoms with Crippen LogP contribution in [-0.4, -0.2) is 17.4 Å². The SMILES string of the molecule is O=S(=O)(c1cncc(C(F)(F)F)c1)n1cccc1-c1ccccc1. The highest BCUT2D eigenvalue weighted by atomic mass is 32.2. The standard InChI is InChI=1S/C16H11F3N2O2S/c17-16(18,19)13-9-14(11-20-10-13)24(22,23)21-8-4-7-15(21)12-5-2-1-3-6-12/h1-11H. The predicted octanol–water partition coefficient (Wildman–Crippen LogP) is 3.81. The number of hydrogen-bond acceptors (Lipinski definition) is 3. The predicted molar refractivity (Wildman–Crippen MR) is 81.7 cm³/mol. The molecule has 0 aliphatic carbocycles. The monoisotopic (exact) mass is 352 g/mol. The number of halogens is 3. The summed E-state index contributed by atoms with van der Waals surface area (Å²) in [5.74, 6) is 0. The van der Waals surface area contributed by atoms with E-state index in [-0.39, 0.29) is 0 Å². The van der Waals surface area contributed by atoms with Crippen LogP contribution in [0.2, 0.25) is 0 Å². The minimum Gasteiger partial charge on any atom is -0.263 e. The summed E-state index contributed by atoms with van der Waals surface area (Å²) < 4.78 is 64.8. The zero-order chi connectivity index (χ0) is 17.4. The van der Waals surface area contributed by atoms with E-state index in [0.717, 1.165) is 10.2 Å². The molecule has 0 saturated carbocycles. The second-order valence-corrected chi connectivity index (χ2v) is 6.78. The van der Waals surface area contributed by atoms with Crippen LogP contribution >= 0.6 is 0 Å². The van der Waals surface area contributed by atoms with Crippen molar-refractivity contribution in [2.75, 3.05) is 0 Å². The van der Waals surface area contributed by atoms with Gasteiger partial charge in [0, 0.05) is 18.6 Å². The average Bonchev–Trinajstić information content (AvgIpc) is 3.05. The normalized spacial score (nSPS) is 12.3. The Bertz CT molecular complexity index is 964. The van der Waals surface area contributed by atoms with Crippen LogP contribution in [0.5, 0.6) is 0 Å². The summed E-state index contributed by atoms with van der Waals surface area (Å²) >= 11 is 0. The average molecular weight is 352 g/mol. The summed E-state index contributed by atoms with van der Waals surface area (Å²) in [6.45, 7) is 0. The van der Waals surface area contributed by atoms with Crippen molar-refractivity contribution < 1.29 is 21.6 Å². The maximum absolute atomic E-state index is 12.8. The van der Waals surface area contributed by atoms with Gasteiger partial charge in [0.15, 0.2) is 0 Å². The van der Waals surface area contributed by atoms with E-state index in [4.69, 9.17) is 0 Å². The van der Waals surface area contributed by atoms with Crippen LogP contribution in [0.1, 0.15) is 5.56 Å². The first kappa shape index (κ1) is 16.3. The van der Waals surface area contributed by atoms with Gasteiger partial charge in [-0.15, -0.1) is 0 Å². The lowest BCUT2D eigenvalue weighted by atomic mass is 10.2. The maximum atomic E-state index is 12.8. The number of alkyl halides is 3. The van der Waals surface area contributed by atoms with Gasteiger partial charge in [0.25, 0.3) is 10.0 Å². The van der Waals surface area contributed by atoms with Crippen molar-refractivity contribution in [1.82, 2.24) is 8.96 Å². The molecular formula is C16H11F3N2O2S. The molecule has 124 valence electrons. The summed E-state index contributed by atoms with van der Waals surface area (Å²) in [5, 5.41) is 0. The van der Waals surface area contributed by atoms with Crippen molar-refractivity contribution in [3.05, 3.63) is 72.7 Å². The lowest BCUT2D eigenvalue weighted by molar-refractivity contribution is -0.138. The summed E-state index contributed by atoms with van der Waals surface area (Å²) in [6.07, 6.45) is -1.89.